The molecular formula is C32H45N7O4. The van der Waals surface area contributed by atoms with Gasteiger partial charge in [-0.3, -0.25) is 9.69 Å². The minimum atomic E-state index is -0.625. The highest BCUT2D eigenvalue weighted by Gasteiger charge is 2.31. The largest absolute Gasteiger partial charge is 0.443 e. The zero-order valence-electron chi connectivity index (χ0n) is 25.8. The highest BCUT2D eigenvalue weighted by atomic mass is 16.6. The van der Waals surface area contributed by atoms with Crippen molar-refractivity contribution in [2.45, 2.75) is 96.7 Å². The number of anilines is 2. The van der Waals surface area contributed by atoms with Gasteiger partial charge >= 0.3 is 6.09 Å². The van der Waals surface area contributed by atoms with Crippen LogP contribution >= 0.6 is 0 Å². The summed E-state index contributed by atoms with van der Waals surface area (Å²) in [5.41, 5.74) is 2.65. The number of hydrogen-bond acceptors (Lipinski definition) is 8. The summed E-state index contributed by atoms with van der Waals surface area (Å²) >= 11 is 0. The van der Waals surface area contributed by atoms with Crippen LogP contribution in [0.25, 0.3) is 17.0 Å². The number of nitrogens with zero attached hydrogens (tertiary/aromatic N) is 5. The van der Waals surface area contributed by atoms with Gasteiger partial charge in [0.2, 0.25) is 12.1 Å². The summed E-state index contributed by atoms with van der Waals surface area (Å²) in [5, 5.41) is 20.2. The van der Waals surface area contributed by atoms with E-state index in [1.165, 1.54) is 31.2 Å². The predicted molar refractivity (Wildman–Crippen MR) is 166 cm³/mol. The molecule has 2 aliphatic carbocycles. The molecule has 0 atom stereocenters. The quantitative estimate of drug-likeness (QED) is 0.329. The van der Waals surface area contributed by atoms with E-state index in [0.29, 0.717) is 60.7 Å². The monoisotopic (exact) mass is 591 g/mol. The van der Waals surface area contributed by atoms with Crippen LogP contribution in [0.2, 0.25) is 0 Å². The lowest BCUT2D eigenvalue weighted by molar-refractivity contribution is -0.109. The van der Waals surface area contributed by atoms with E-state index in [2.05, 4.69) is 39.9 Å². The highest BCUT2D eigenvalue weighted by Crippen LogP contribution is 2.32. The molecule has 232 valence electrons. The van der Waals surface area contributed by atoms with E-state index in [9.17, 15) is 9.59 Å². The predicted octanol–water partition coefficient (Wildman–Crippen LogP) is 5.52. The first-order valence-corrected chi connectivity index (χ1v) is 15.6. The standard InChI is InChI=1S/C28H38N6O3.C4H7NO/c1-19-9-11-21(12-10-19)25-30-31-26-23(17-24(32-34(25)26)29-22-7-5-6-8-22)33(27(35)37-28(2,3)4)18-20-13-15-36-16-14-20;6-3-5-4-1-2-4/h9-12,17,20,22H,5-8,13-16,18H2,1-4H3,(H,29,32);3-4H,1-2H2,(H,5,6). The third-order valence-electron chi connectivity index (χ3n) is 7.94. The molecule has 11 heteroatoms. The van der Waals surface area contributed by atoms with E-state index in [0.717, 1.165) is 37.7 Å². The van der Waals surface area contributed by atoms with Crippen LogP contribution in [-0.4, -0.2) is 69.8 Å². The Labute approximate surface area is 253 Å². The van der Waals surface area contributed by atoms with Gasteiger partial charge in [-0.2, -0.15) is 4.52 Å². The van der Waals surface area contributed by atoms with E-state index >= 15 is 0 Å². The maximum absolute atomic E-state index is 13.6. The molecule has 2 aromatic heterocycles. The van der Waals surface area contributed by atoms with Crippen molar-refractivity contribution < 1.29 is 19.1 Å². The lowest BCUT2D eigenvalue weighted by Crippen LogP contribution is -2.41. The molecule has 3 aromatic rings. The number of carbonyl (C=O) groups excluding carboxylic acids is 2. The van der Waals surface area contributed by atoms with Gasteiger partial charge in [-0.1, -0.05) is 42.7 Å². The van der Waals surface area contributed by atoms with Crippen molar-refractivity contribution in [1.29, 1.82) is 0 Å². The van der Waals surface area contributed by atoms with Crippen molar-refractivity contribution in [3.63, 3.8) is 0 Å². The lowest BCUT2D eigenvalue weighted by Gasteiger charge is -2.32. The number of carbonyl (C=O) groups is 2. The van der Waals surface area contributed by atoms with Crippen LogP contribution in [0.1, 0.15) is 77.7 Å². The van der Waals surface area contributed by atoms with Crippen LogP contribution < -0.4 is 15.5 Å². The molecule has 1 aromatic carbocycles. The summed E-state index contributed by atoms with van der Waals surface area (Å²) < 4.78 is 13.2. The van der Waals surface area contributed by atoms with Crippen molar-refractivity contribution >= 4 is 29.7 Å². The average molecular weight is 592 g/mol. The van der Waals surface area contributed by atoms with Crippen molar-refractivity contribution in [3.05, 3.63) is 35.9 Å². The molecule has 6 rings (SSSR count). The number of ether oxygens (including phenoxy) is 2. The second kappa shape index (κ2) is 13.7. The molecule has 1 aliphatic heterocycles. The number of rotatable bonds is 8. The van der Waals surface area contributed by atoms with Crippen LogP contribution in [-0.2, 0) is 14.3 Å². The second-order valence-electron chi connectivity index (χ2n) is 12.9. The van der Waals surface area contributed by atoms with E-state index < -0.39 is 11.7 Å². The van der Waals surface area contributed by atoms with Gasteiger partial charge in [0, 0.05) is 43.5 Å². The Morgan fingerprint density at radius 3 is 2.35 bits per heavy atom. The molecule has 1 saturated heterocycles. The molecule has 0 bridgehead atoms. The Morgan fingerprint density at radius 1 is 1.05 bits per heavy atom. The summed E-state index contributed by atoms with van der Waals surface area (Å²) in [6, 6.07) is 11.0. The van der Waals surface area contributed by atoms with Crippen molar-refractivity contribution in [2.24, 2.45) is 5.92 Å². The first-order valence-electron chi connectivity index (χ1n) is 15.6. The normalized spacial score (nSPS) is 17.7. The molecule has 0 radical (unpaired) electrons. The summed E-state index contributed by atoms with van der Waals surface area (Å²) in [6.07, 6.45) is 9.17. The van der Waals surface area contributed by atoms with Crippen molar-refractivity contribution in [3.8, 4) is 11.4 Å². The Bertz CT molecular complexity index is 1370. The Morgan fingerprint density at radius 2 is 1.74 bits per heavy atom. The minimum Gasteiger partial charge on any atom is -0.443 e. The Kier molecular flexibility index (Phi) is 9.79. The fraction of sp³-hybridized carbons (Fsp3) is 0.594. The summed E-state index contributed by atoms with van der Waals surface area (Å²) in [5.74, 6) is 1.66. The molecule has 2 N–H and O–H groups in total. The maximum Gasteiger partial charge on any atom is 0.414 e. The van der Waals surface area contributed by atoms with Crippen molar-refractivity contribution in [1.82, 2.24) is 25.1 Å². The number of nitrogens with one attached hydrogen (secondary N) is 2. The lowest BCUT2D eigenvalue weighted by atomic mass is 9.99. The molecule has 3 fully saturated rings. The molecule has 11 nitrogen and oxygen atoms in total. The van der Waals surface area contributed by atoms with Crippen LogP contribution in [0.3, 0.4) is 0 Å². The number of hydrogen-bond donors (Lipinski definition) is 2. The summed E-state index contributed by atoms with van der Waals surface area (Å²) in [7, 11) is 0. The van der Waals surface area contributed by atoms with Crippen LogP contribution in [0, 0.1) is 12.8 Å². The third-order valence-corrected chi connectivity index (χ3v) is 7.94. The SMILES string of the molecule is Cc1ccc(-c2nnc3c(N(CC4CCOCC4)C(=O)OC(C)(C)C)cc(NC4CCCC4)nn23)cc1.O=CNC1CC1. The van der Waals surface area contributed by atoms with E-state index in [1.54, 1.807) is 9.42 Å². The average Bonchev–Trinajstić information content (AvgIpc) is 3.46. The topological polar surface area (TPSA) is 123 Å². The summed E-state index contributed by atoms with van der Waals surface area (Å²) in [4.78, 5) is 24.9. The Balaban J connectivity index is 0.000000548. The molecule has 3 aliphatic rings. The van der Waals surface area contributed by atoms with Gasteiger partial charge in [-0.15, -0.1) is 15.3 Å². The maximum atomic E-state index is 13.6. The van der Waals surface area contributed by atoms with E-state index in [-0.39, 0.29) is 0 Å². The van der Waals surface area contributed by atoms with E-state index in [4.69, 9.17) is 14.6 Å². The van der Waals surface area contributed by atoms with Crippen LogP contribution in [0.4, 0.5) is 16.3 Å². The van der Waals surface area contributed by atoms with Gasteiger partial charge in [-0.05, 0) is 72.1 Å². The van der Waals surface area contributed by atoms with Gasteiger partial charge in [0.15, 0.2) is 5.82 Å². The molecule has 2 amide bonds. The summed E-state index contributed by atoms with van der Waals surface area (Å²) in [6.45, 7) is 9.65. The number of benzene rings is 1. The smallest absolute Gasteiger partial charge is 0.414 e. The van der Waals surface area contributed by atoms with Gasteiger partial charge in [-0.25, -0.2) is 4.79 Å². The van der Waals surface area contributed by atoms with E-state index in [1.807, 2.05) is 39.0 Å². The van der Waals surface area contributed by atoms with Crippen LogP contribution in [0.15, 0.2) is 30.3 Å². The van der Waals surface area contributed by atoms with Crippen LogP contribution in [0.5, 0.6) is 0 Å². The Hall–Kier alpha value is -3.73. The fourth-order valence-electron chi connectivity index (χ4n) is 5.42. The number of fused-ring (bicyclic) bond motifs is 1. The zero-order valence-corrected chi connectivity index (χ0v) is 25.8. The molecule has 43 heavy (non-hydrogen) atoms. The van der Waals surface area contributed by atoms with Gasteiger partial charge in [0.05, 0.1) is 5.69 Å². The minimum absolute atomic E-state index is 0.306. The molecule has 0 spiro atoms. The molecule has 2 saturated carbocycles. The molecule has 3 heterocycles. The first-order chi connectivity index (χ1) is 20.7. The number of amides is 2. The molecule has 0 unspecified atom stereocenters. The first kappa shape index (κ1) is 30.7. The highest BCUT2D eigenvalue weighted by molar-refractivity contribution is 5.93. The third kappa shape index (κ3) is 8.43. The second-order valence-corrected chi connectivity index (χ2v) is 12.9. The number of aromatic nitrogens is 4. The van der Waals surface area contributed by atoms with Gasteiger partial charge < -0.3 is 20.1 Å². The van der Waals surface area contributed by atoms with Gasteiger partial charge in [0.25, 0.3) is 0 Å². The molecular weight excluding hydrogens is 546 g/mol. The number of aryl methyl sites for hydroxylation is 1. The van der Waals surface area contributed by atoms with Gasteiger partial charge in [0.1, 0.15) is 11.4 Å². The van der Waals surface area contributed by atoms with Crippen molar-refractivity contribution in [2.75, 3.05) is 30.0 Å². The zero-order chi connectivity index (χ0) is 30.4. The fourth-order valence-corrected chi connectivity index (χ4v) is 5.42.